The number of nitrogens with one attached hydrogen (secondary N) is 1. The first-order chi connectivity index (χ1) is 12.0. The molecule has 6 nitrogen and oxygen atoms in total. The Labute approximate surface area is 151 Å². The van der Waals surface area contributed by atoms with Crippen LogP contribution in [0.3, 0.4) is 0 Å². The Balaban J connectivity index is 1.89. The van der Waals surface area contributed by atoms with Crippen LogP contribution in [0.25, 0.3) is 0 Å². The Kier molecular flexibility index (Phi) is 7.40. The van der Waals surface area contributed by atoms with E-state index in [1.165, 1.54) is 0 Å². The third kappa shape index (κ3) is 5.80. The number of benzene rings is 1. The zero-order valence-corrected chi connectivity index (χ0v) is 16.0. The van der Waals surface area contributed by atoms with Crippen LogP contribution in [0.2, 0.25) is 0 Å². The molecular formula is C18H29N3O3S. The van der Waals surface area contributed by atoms with Crippen molar-refractivity contribution in [1.29, 1.82) is 0 Å². The van der Waals surface area contributed by atoms with E-state index in [1.54, 1.807) is 11.2 Å². The molecule has 1 aromatic carbocycles. The van der Waals surface area contributed by atoms with E-state index in [0.717, 1.165) is 24.9 Å². The molecule has 0 radical (unpaired) electrons. The molecule has 1 aliphatic rings. The fraction of sp³-hybridized carbons (Fsp3) is 0.611. The summed E-state index contributed by atoms with van der Waals surface area (Å²) < 4.78 is 25.4. The number of hydrogen-bond acceptors (Lipinski definition) is 4. The zero-order valence-electron chi connectivity index (χ0n) is 15.2. The van der Waals surface area contributed by atoms with E-state index >= 15 is 0 Å². The fourth-order valence-corrected chi connectivity index (χ4v) is 3.98. The minimum Gasteiger partial charge on any atom is -0.352 e. The van der Waals surface area contributed by atoms with Gasteiger partial charge < -0.3 is 5.32 Å². The Bertz CT molecular complexity index is 668. The Morgan fingerprint density at radius 2 is 1.88 bits per heavy atom. The van der Waals surface area contributed by atoms with Gasteiger partial charge in [-0.2, -0.15) is 4.31 Å². The van der Waals surface area contributed by atoms with Crippen LogP contribution in [0.4, 0.5) is 0 Å². The van der Waals surface area contributed by atoms with Crippen LogP contribution < -0.4 is 5.32 Å². The van der Waals surface area contributed by atoms with Gasteiger partial charge in [0.2, 0.25) is 10.0 Å². The van der Waals surface area contributed by atoms with Gasteiger partial charge in [-0.1, -0.05) is 25.5 Å². The molecule has 0 atom stereocenters. The molecule has 1 amide bonds. The summed E-state index contributed by atoms with van der Waals surface area (Å²) in [5.41, 5.74) is 1.76. The lowest BCUT2D eigenvalue weighted by atomic mass is 10.1. The maximum atomic E-state index is 12.2. The third-order valence-corrected chi connectivity index (χ3v) is 6.38. The second kappa shape index (κ2) is 9.31. The van der Waals surface area contributed by atoms with Gasteiger partial charge in [-0.15, -0.1) is 0 Å². The minimum absolute atomic E-state index is 0.0332. The number of sulfonamides is 1. The average Bonchev–Trinajstić information content (AvgIpc) is 2.62. The van der Waals surface area contributed by atoms with Crippen molar-refractivity contribution in [3.63, 3.8) is 0 Å². The van der Waals surface area contributed by atoms with Crippen LogP contribution in [0.5, 0.6) is 0 Å². The molecule has 0 aliphatic carbocycles. The summed E-state index contributed by atoms with van der Waals surface area (Å²) in [5.74, 6) is 0.122. The maximum Gasteiger partial charge on any atom is 0.251 e. The molecule has 2 rings (SSSR count). The first-order valence-corrected chi connectivity index (χ1v) is 10.6. The quantitative estimate of drug-likeness (QED) is 0.710. The van der Waals surface area contributed by atoms with Gasteiger partial charge in [0.1, 0.15) is 0 Å². The van der Waals surface area contributed by atoms with Gasteiger partial charge in [0.25, 0.3) is 5.91 Å². The van der Waals surface area contributed by atoms with E-state index in [0.29, 0.717) is 38.3 Å². The molecule has 1 N–H and O–H groups in total. The number of nitrogens with zero attached hydrogens (tertiary/aromatic N) is 2. The van der Waals surface area contributed by atoms with Crippen molar-refractivity contribution in [2.24, 2.45) is 0 Å². The van der Waals surface area contributed by atoms with Crippen molar-refractivity contribution < 1.29 is 13.2 Å². The van der Waals surface area contributed by atoms with Gasteiger partial charge in [0.05, 0.1) is 5.75 Å². The lowest BCUT2D eigenvalue weighted by Crippen LogP contribution is -2.48. The van der Waals surface area contributed by atoms with Crippen molar-refractivity contribution in [1.82, 2.24) is 14.5 Å². The number of piperazine rings is 1. The summed E-state index contributed by atoms with van der Waals surface area (Å²) in [4.78, 5) is 14.4. The van der Waals surface area contributed by atoms with Crippen LogP contribution in [-0.4, -0.2) is 62.0 Å². The van der Waals surface area contributed by atoms with E-state index in [-0.39, 0.29) is 11.7 Å². The monoisotopic (exact) mass is 367 g/mol. The SMILES string of the molecule is CCCCNC(=O)c1cccc(CN2CCN(S(=O)(=O)CC)CC2)c1. The molecule has 25 heavy (non-hydrogen) atoms. The first kappa shape index (κ1) is 19.9. The molecule has 0 bridgehead atoms. The summed E-state index contributed by atoms with van der Waals surface area (Å²) >= 11 is 0. The van der Waals surface area contributed by atoms with Gasteiger partial charge in [0, 0.05) is 44.8 Å². The minimum atomic E-state index is -3.09. The fourth-order valence-electron chi connectivity index (χ4n) is 2.90. The molecular weight excluding hydrogens is 338 g/mol. The molecule has 1 aliphatic heterocycles. The maximum absolute atomic E-state index is 12.2. The largest absolute Gasteiger partial charge is 0.352 e. The standard InChI is InChI=1S/C18H29N3O3S/c1-3-5-9-19-18(22)17-8-6-7-16(14-17)15-20-10-12-21(13-11-20)25(23,24)4-2/h6-8,14H,3-5,9-13,15H2,1-2H3,(H,19,22). The predicted octanol–water partition coefficient (Wildman–Crippen LogP) is 1.68. The number of unbranched alkanes of at least 4 members (excludes halogenated alkanes) is 1. The lowest BCUT2D eigenvalue weighted by molar-refractivity contribution is 0.0953. The highest BCUT2D eigenvalue weighted by Crippen LogP contribution is 2.13. The highest BCUT2D eigenvalue weighted by molar-refractivity contribution is 7.89. The van der Waals surface area contributed by atoms with E-state index in [9.17, 15) is 13.2 Å². The van der Waals surface area contributed by atoms with Gasteiger partial charge in [-0.05, 0) is 31.0 Å². The van der Waals surface area contributed by atoms with Crippen molar-refractivity contribution in [2.45, 2.75) is 33.2 Å². The Morgan fingerprint density at radius 3 is 2.52 bits per heavy atom. The number of carbonyl (C=O) groups is 1. The highest BCUT2D eigenvalue weighted by atomic mass is 32.2. The normalized spacial score (nSPS) is 16.7. The van der Waals surface area contributed by atoms with Gasteiger partial charge >= 0.3 is 0 Å². The number of hydrogen-bond donors (Lipinski definition) is 1. The van der Waals surface area contributed by atoms with Crippen molar-refractivity contribution in [3.05, 3.63) is 35.4 Å². The first-order valence-electron chi connectivity index (χ1n) is 9.03. The van der Waals surface area contributed by atoms with Crippen LogP contribution in [0.1, 0.15) is 42.6 Å². The summed E-state index contributed by atoms with van der Waals surface area (Å²) in [6.07, 6.45) is 2.04. The van der Waals surface area contributed by atoms with Crippen molar-refractivity contribution >= 4 is 15.9 Å². The summed E-state index contributed by atoms with van der Waals surface area (Å²) in [5, 5.41) is 2.93. The second-order valence-corrected chi connectivity index (χ2v) is 8.64. The highest BCUT2D eigenvalue weighted by Gasteiger charge is 2.25. The molecule has 7 heteroatoms. The molecule has 1 heterocycles. The summed E-state index contributed by atoms with van der Waals surface area (Å²) in [6.45, 7) is 7.71. The topological polar surface area (TPSA) is 69.7 Å². The molecule has 1 saturated heterocycles. The van der Waals surface area contributed by atoms with E-state index in [2.05, 4.69) is 17.1 Å². The molecule has 0 aromatic heterocycles. The molecule has 0 saturated carbocycles. The zero-order chi connectivity index (χ0) is 18.3. The number of amides is 1. The molecule has 1 fully saturated rings. The molecule has 1 aromatic rings. The van der Waals surface area contributed by atoms with Gasteiger partial charge in [-0.3, -0.25) is 9.69 Å². The second-order valence-electron chi connectivity index (χ2n) is 6.39. The summed E-state index contributed by atoms with van der Waals surface area (Å²) in [7, 11) is -3.09. The van der Waals surface area contributed by atoms with Crippen molar-refractivity contribution in [2.75, 3.05) is 38.5 Å². The summed E-state index contributed by atoms with van der Waals surface area (Å²) in [6, 6.07) is 7.67. The molecule has 0 spiro atoms. The lowest BCUT2D eigenvalue weighted by Gasteiger charge is -2.33. The Morgan fingerprint density at radius 1 is 1.16 bits per heavy atom. The van der Waals surface area contributed by atoms with Crippen LogP contribution in [0.15, 0.2) is 24.3 Å². The average molecular weight is 368 g/mol. The van der Waals surface area contributed by atoms with Gasteiger partial charge in [-0.25, -0.2) is 8.42 Å². The van der Waals surface area contributed by atoms with Crippen LogP contribution in [-0.2, 0) is 16.6 Å². The number of rotatable bonds is 8. The van der Waals surface area contributed by atoms with Crippen molar-refractivity contribution in [3.8, 4) is 0 Å². The predicted molar refractivity (Wildman–Crippen MR) is 100.0 cm³/mol. The molecule has 140 valence electrons. The third-order valence-electron chi connectivity index (χ3n) is 4.50. The molecule has 0 unspecified atom stereocenters. The van der Waals surface area contributed by atoms with Crippen LogP contribution in [0, 0.1) is 0 Å². The Hall–Kier alpha value is -1.44. The van der Waals surface area contributed by atoms with Gasteiger partial charge in [0.15, 0.2) is 0 Å². The smallest absolute Gasteiger partial charge is 0.251 e. The van der Waals surface area contributed by atoms with Crippen LogP contribution >= 0.6 is 0 Å². The number of carbonyl (C=O) groups excluding carboxylic acids is 1. The van der Waals surface area contributed by atoms with E-state index in [1.807, 2.05) is 24.3 Å². The van der Waals surface area contributed by atoms with E-state index < -0.39 is 10.0 Å². The van der Waals surface area contributed by atoms with E-state index in [4.69, 9.17) is 0 Å².